The van der Waals surface area contributed by atoms with Crippen molar-refractivity contribution < 1.29 is 4.79 Å². The van der Waals surface area contributed by atoms with Crippen LogP contribution in [0.25, 0.3) is 0 Å². The Morgan fingerprint density at radius 1 is 1.40 bits per heavy atom. The molecule has 1 aromatic carbocycles. The minimum atomic E-state index is -0.00509. The second-order valence-electron chi connectivity index (χ2n) is 3.41. The largest absolute Gasteiger partial charge is 0.312 e. The maximum atomic E-state index is 10.9. The van der Waals surface area contributed by atoms with Gasteiger partial charge in [-0.25, -0.2) is 0 Å². The predicted molar refractivity (Wildman–Crippen MR) is 62.3 cm³/mol. The molecule has 0 spiro atoms. The lowest BCUT2D eigenvalue weighted by Gasteiger charge is -2.02. The first-order valence-corrected chi connectivity index (χ1v) is 5.75. The van der Waals surface area contributed by atoms with Crippen LogP contribution in [0.15, 0.2) is 34.2 Å². The summed E-state index contributed by atoms with van der Waals surface area (Å²) in [6.45, 7) is 2.35. The first-order valence-electron chi connectivity index (χ1n) is 4.77. The summed E-state index contributed by atoms with van der Waals surface area (Å²) in [5, 5.41) is 2.73. The first kappa shape index (κ1) is 10.2. The number of nitrogens with one attached hydrogen (secondary N) is 1. The van der Waals surface area contributed by atoms with Crippen molar-refractivity contribution in [1.82, 2.24) is 5.32 Å². The van der Waals surface area contributed by atoms with Gasteiger partial charge < -0.3 is 5.32 Å². The number of amidine groups is 1. The Morgan fingerprint density at radius 3 is 2.73 bits per heavy atom. The van der Waals surface area contributed by atoms with E-state index in [1.54, 1.807) is 11.8 Å². The molecule has 0 unspecified atom stereocenters. The van der Waals surface area contributed by atoms with Gasteiger partial charge in [-0.2, -0.15) is 0 Å². The van der Waals surface area contributed by atoms with Gasteiger partial charge in [-0.15, -0.1) is 11.8 Å². The van der Waals surface area contributed by atoms with Crippen molar-refractivity contribution in [1.29, 1.82) is 0 Å². The lowest BCUT2D eigenvalue weighted by molar-refractivity contribution is -0.117. The molecule has 0 aliphatic carbocycles. The zero-order valence-corrected chi connectivity index (χ0v) is 9.30. The van der Waals surface area contributed by atoms with E-state index in [4.69, 9.17) is 0 Å². The fourth-order valence-electron chi connectivity index (χ4n) is 1.28. The Labute approximate surface area is 93.0 Å². The molecule has 1 aliphatic rings. The average molecular weight is 220 g/mol. The Morgan fingerprint density at radius 2 is 2.13 bits per heavy atom. The molecular weight excluding hydrogens is 208 g/mol. The molecule has 1 amide bonds. The van der Waals surface area contributed by atoms with Gasteiger partial charge in [0.15, 0.2) is 0 Å². The highest BCUT2D eigenvalue weighted by Gasteiger charge is 2.12. The Kier molecular flexibility index (Phi) is 3.06. The third-order valence-electron chi connectivity index (χ3n) is 2.09. The lowest BCUT2D eigenvalue weighted by atomic mass is 10.2. The molecule has 1 N–H and O–H groups in total. The summed E-state index contributed by atoms with van der Waals surface area (Å²) in [7, 11) is 0. The van der Waals surface area contributed by atoms with Crippen LogP contribution in [0, 0.1) is 6.92 Å². The molecule has 4 heteroatoms. The van der Waals surface area contributed by atoms with Crippen LogP contribution in [-0.4, -0.2) is 24.0 Å². The van der Waals surface area contributed by atoms with Crippen molar-refractivity contribution in [3.8, 4) is 0 Å². The lowest BCUT2D eigenvalue weighted by Crippen LogP contribution is -2.25. The number of aliphatic imine (C=N–C) groups is 1. The van der Waals surface area contributed by atoms with E-state index in [2.05, 4.69) is 41.5 Å². The fourth-order valence-corrected chi connectivity index (χ4v) is 2.07. The van der Waals surface area contributed by atoms with Crippen molar-refractivity contribution in [2.45, 2.75) is 11.8 Å². The summed E-state index contributed by atoms with van der Waals surface area (Å²) in [4.78, 5) is 16.2. The summed E-state index contributed by atoms with van der Waals surface area (Å²) in [5.41, 5.74) is 1.26. The molecule has 2 rings (SSSR count). The molecule has 0 aromatic heterocycles. The molecule has 0 saturated carbocycles. The number of carbonyl (C=O) groups excluding carboxylic acids is 1. The second kappa shape index (κ2) is 4.49. The zero-order chi connectivity index (χ0) is 10.7. The second-order valence-corrected chi connectivity index (χ2v) is 4.46. The van der Waals surface area contributed by atoms with Crippen molar-refractivity contribution in [2.75, 3.05) is 12.3 Å². The number of benzene rings is 1. The van der Waals surface area contributed by atoms with Crippen LogP contribution in [0.4, 0.5) is 0 Å². The normalized spacial score (nSPS) is 15.0. The predicted octanol–water partition coefficient (Wildman–Crippen LogP) is 1.62. The van der Waals surface area contributed by atoms with Crippen molar-refractivity contribution in [3.63, 3.8) is 0 Å². The van der Waals surface area contributed by atoms with E-state index in [0.29, 0.717) is 0 Å². The van der Waals surface area contributed by atoms with Gasteiger partial charge in [-0.3, -0.25) is 9.79 Å². The van der Waals surface area contributed by atoms with Crippen molar-refractivity contribution in [2.24, 2.45) is 4.99 Å². The van der Waals surface area contributed by atoms with Gasteiger partial charge in [-0.05, 0) is 19.1 Å². The number of nitrogens with zero attached hydrogens (tertiary/aromatic N) is 1. The number of carbonyl (C=O) groups is 1. The van der Waals surface area contributed by atoms with Gasteiger partial charge >= 0.3 is 0 Å². The molecule has 1 aliphatic heterocycles. The maximum Gasteiger partial charge on any atom is 0.247 e. The third kappa shape index (κ3) is 2.83. The average Bonchev–Trinajstić information content (AvgIpc) is 2.64. The highest BCUT2D eigenvalue weighted by molar-refractivity contribution is 8.00. The van der Waals surface area contributed by atoms with Gasteiger partial charge in [0, 0.05) is 4.90 Å². The number of hydrogen-bond acceptors (Lipinski definition) is 3. The van der Waals surface area contributed by atoms with Crippen LogP contribution in [0.2, 0.25) is 0 Å². The number of rotatable bonds is 3. The van der Waals surface area contributed by atoms with Crippen molar-refractivity contribution in [3.05, 3.63) is 29.8 Å². The van der Waals surface area contributed by atoms with E-state index in [1.807, 2.05) is 0 Å². The summed E-state index contributed by atoms with van der Waals surface area (Å²) < 4.78 is 0. The molecular formula is C11H12N2OS. The summed E-state index contributed by atoms with van der Waals surface area (Å²) in [6, 6.07) is 8.32. The molecule has 0 saturated heterocycles. The highest BCUT2D eigenvalue weighted by Crippen LogP contribution is 2.18. The standard InChI is InChI=1S/C11H12N2OS/c1-8-2-4-9(5-3-8)15-7-10-12-6-11(14)13-10/h2-5H,6-7H2,1H3,(H,12,13,14). The molecule has 1 heterocycles. The van der Waals surface area contributed by atoms with E-state index in [0.717, 1.165) is 11.6 Å². The minimum absolute atomic E-state index is 0.00509. The van der Waals surface area contributed by atoms with Crippen LogP contribution in [0.1, 0.15) is 5.56 Å². The zero-order valence-electron chi connectivity index (χ0n) is 8.49. The topological polar surface area (TPSA) is 41.5 Å². The van der Waals surface area contributed by atoms with E-state index < -0.39 is 0 Å². The van der Waals surface area contributed by atoms with Crippen LogP contribution in [0.5, 0.6) is 0 Å². The quantitative estimate of drug-likeness (QED) is 0.786. The van der Waals surface area contributed by atoms with Gasteiger partial charge in [-0.1, -0.05) is 17.7 Å². The fraction of sp³-hybridized carbons (Fsp3) is 0.273. The number of hydrogen-bond donors (Lipinski definition) is 1. The van der Waals surface area contributed by atoms with E-state index in [9.17, 15) is 4.79 Å². The van der Waals surface area contributed by atoms with Gasteiger partial charge in [0.1, 0.15) is 12.4 Å². The summed E-state index contributed by atoms with van der Waals surface area (Å²) >= 11 is 1.68. The van der Waals surface area contributed by atoms with Gasteiger partial charge in [0.25, 0.3) is 0 Å². The molecule has 78 valence electrons. The third-order valence-corrected chi connectivity index (χ3v) is 3.12. The first-order chi connectivity index (χ1) is 7.24. The molecule has 0 radical (unpaired) electrons. The van der Waals surface area contributed by atoms with Gasteiger partial charge in [0.05, 0.1) is 5.75 Å². The molecule has 15 heavy (non-hydrogen) atoms. The molecule has 1 aromatic rings. The molecule has 0 atom stereocenters. The van der Waals surface area contributed by atoms with Crippen LogP contribution < -0.4 is 5.32 Å². The van der Waals surface area contributed by atoms with Crippen LogP contribution >= 0.6 is 11.8 Å². The van der Waals surface area contributed by atoms with Crippen LogP contribution in [0.3, 0.4) is 0 Å². The number of thioether (sulfide) groups is 1. The van der Waals surface area contributed by atoms with Crippen LogP contribution in [-0.2, 0) is 4.79 Å². The maximum absolute atomic E-state index is 10.9. The Balaban J connectivity index is 1.88. The molecule has 0 bridgehead atoms. The Hall–Kier alpha value is -1.29. The number of aryl methyl sites for hydroxylation is 1. The highest BCUT2D eigenvalue weighted by atomic mass is 32.2. The SMILES string of the molecule is Cc1ccc(SCC2=NCC(=O)N2)cc1. The number of amides is 1. The Bertz CT molecular complexity index is 398. The molecule has 0 fully saturated rings. The summed E-state index contributed by atoms with van der Waals surface area (Å²) in [5.74, 6) is 1.51. The monoisotopic (exact) mass is 220 g/mol. The van der Waals surface area contributed by atoms with Gasteiger partial charge in [0.2, 0.25) is 5.91 Å². The van der Waals surface area contributed by atoms with Crippen molar-refractivity contribution >= 4 is 23.5 Å². The van der Waals surface area contributed by atoms with E-state index in [-0.39, 0.29) is 12.5 Å². The smallest absolute Gasteiger partial charge is 0.247 e. The minimum Gasteiger partial charge on any atom is -0.312 e. The van der Waals surface area contributed by atoms with E-state index in [1.165, 1.54) is 10.5 Å². The van der Waals surface area contributed by atoms with E-state index >= 15 is 0 Å². The summed E-state index contributed by atoms with van der Waals surface area (Å²) in [6.07, 6.45) is 0. The molecule has 3 nitrogen and oxygen atoms in total.